The predicted molar refractivity (Wildman–Crippen MR) is 70.6 cm³/mol. The Kier molecular flexibility index (Phi) is 4.69. The molecule has 0 unspecified atom stereocenters. The molecule has 0 aliphatic heterocycles. The number of carbonyl (C=O) groups excluding carboxylic acids is 1. The maximum atomic E-state index is 11.5. The molecule has 0 fully saturated rings. The van der Waals surface area contributed by atoms with Crippen LogP contribution in [0.25, 0.3) is 0 Å². The van der Waals surface area contributed by atoms with E-state index in [4.69, 9.17) is 0 Å². The van der Waals surface area contributed by atoms with Gasteiger partial charge < -0.3 is 5.32 Å². The fraction of sp³-hybridized carbons (Fsp3) is 0.364. The van der Waals surface area contributed by atoms with Crippen molar-refractivity contribution in [1.29, 1.82) is 0 Å². The number of aryl methyl sites for hydroxylation is 1. The van der Waals surface area contributed by atoms with Gasteiger partial charge in [-0.3, -0.25) is 0 Å². The van der Waals surface area contributed by atoms with Crippen molar-refractivity contribution in [3.05, 3.63) is 29.8 Å². The van der Waals surface area contributed by atoms with E-state index in [-0.39, 0.29) is 0 Å². The number of rotatable bonds is 4. The van der Waals surface area contributed by atoms with E-state index >= 15 is 0 Å². The molecule has 2 amide bonds. The predicted octanol–water partition coefficient (Wildman–Crippen LogP) is 1.18. The number of carbonyl (C=O) groups is 1. The van der Waals surface area contributed by atoms with Gasteiger partial charge >= 0.3 is 16.2 Å². The molecule has 0 bridgehead atoms. The number of hydrogen-bond donors (Lipinski definition) is 2. The second-order valence-electron chi connectivity index (χ2n) is 3.90. The molecule has 18 heavy (non-hydrogen) atoms. The highest BCUT2D eigenvalue weighted by Gasteiger charge is 2.16. The zero-order valence-corrected chi connectivity index (χ0v) is 11.4. The fourth-order valence-corrected chi connectivity index (χ4v) is 1.70. The molecule has 0 aromatic heterocycles. The van der Waals surface area contributed by atoms with Gasteiger partial charge in [-0.1, -0.05) is 19.1 Å². The monoisotopic (exact) mass is 271 g/mol. The van der Waals surface area contributed by atoms with Crippen molar-refractivity contribution < 1.29 is 13.2 Å². The van der Waals surface area contributed by atoms with E-state index in [0.29, 0.717) is 5.69 Å². The van der Waals surface area contributed by atoms with Gasteiger partial charge in [0, 0.05) is 19.8 Å². The first-order valence-corrected chi connectivity index (χ1v) is 6.89. The van der Waals surface area contributed by atoms with Crippen molar-refractivity contribution >= 4 is 21.9 Å². The SMILES string of the molecule is CCc1cccc(NC(=O)NS(=O)(=O)N(C)C)c1. The Morgan fingerprint density at radius 3 is 2.56 bits per heavy atom. The Morgan fingerprint density at radius 1 is 1.33 bits per heavy atom. The van der Waals surface area contributed by atoms with Crippen molar-refractivity contribution in [2.24, 2.45) is 0 Å². The third-order valence-corrected chi connectivity index (χ3v) is 3.70. The van der Waals surface area contributed by atoms with E-state index in [2.05, 4.69) is 5.32 Å². The van der Waals surface area contributed by atoms with Crippen LogP contribution in [0.15, 0.2) is 24.3 Å². The highest BCUT2D eigenvalue weighted by Crippen LogP contribution is 2.10. The van der Waals surface area contributed by atoms with Crippen LogP contribution < -0.4 is 10.0 Å². The van der Waals surface area contributed by atoms with Crippen LogP contribution in [0.2, 0.25) is 0 Å². The molecular formula is C11H17N3O3S. The molecule has 2 N–H and O–H groups in total. The zero-order chi connectivity index (χ0) is 13.8. The van der Waals surface area contributed by atoms with Crippen molar-refractivity contribution in [1.82, 2.24) is 9.03 Å². The van der Waals surface area contributed by atoms with Crippen LogP contribution in [0.5, 0.6) is 0 Å². The molecule has 0 heterocycles. The highest BCUT2D eigenvalue weighted by molar-refractivity contribution is 7.87. The second-order valence-corrected chi connectivity index (χ2v) is 5.78. The summed E-state index contributed by atoms with van der Waals surface area (Å²) in [5.41, 5.74) is 1.61. The average Bonchev–Trinajstić information content (AvgIpc) is 2.28. The lowest BCUT2D eigenvalue weighted by Gasteiger charge is -2.13. The molecule has 0 radical (unpaired) electrons. The summed E-state index contributed by atoms with van der Waals surface area (Å²) in [5.74, 6) is 0. The minimum absolute atomic E-state index is 0.556. The van der Waals surface area contributed by atoms with Gasteiger partial charge in [-0.25, -0.2) is 9.52 Å². The van der Waals surface area contributed by atoms with Crippen LogP contribution in [0.3, 0.4) is 0 Å². The van der Waals surface area contributed by atoms with E-state index in [0.717, 1.165) is 16.3 Å². The lowest BCUT2D eigenvalue weighted by molar-refractivity contribution is 0.256. The first kappa shape index (κ1) is 14.5. The number of amides is 2. The normalized spacial score (nSPS) is 11.3. The molecule has 1 rings (SSSR count). The Balaban J connectivity index is 2.71. The smallest absolute Gasteiger partial charge is 0.307 e. The number of anilines is 1. The van der Waals surface area contributed by atoms with Gasteiger partial charge in [-0.05, 0) is 24.1 Å². The molecule has 6 nitrogen and oxygen atoms in total. The molecule has 0 atom stereocenters. The van der Waals surface area contributed by atoms with Crippen LogP contribution >= 0.6 is 0 Å². The van der Waals surface area contributed by atoms with Crippen LogP contribution in [0.1, 0.15) is 12.5 Å². The van der Waals surface area contributed by atoms with Gasteiger partial charge in [0.05, 0.1) is 0 Å². The first-order chi connectivity index (χ1) is 8.35. The highest BCUT2D eigenvalue weighted by atomic mass is 32.2. The molecule has 0 aliphatic carbocycles. The summed E-state index contributed by atoms with van der Waals surface area (Å²) >= 11 is 0. The molecule has 7 heteroatoms. The topological polar surface area (TPSA) is 78.5 Å². The number of nitrogens with zero attached hydrogens (tertiary/aromatic N) is 1. The Labute approximate surface area is 107 Å². The largest absolute Gasteiger partial charge is 0.333 e. The second kappa shape index (κ2) is 5.83. The summed E-state index contributed by atoms with van der Waals surface area (Å²) in [5, 5.41) is 2.47. The van der Waals surface area contributed by atoms with Crippen LogP contribution in [-0.2, 0) is 16.6 Å². The van der Waals surface area contributed by atoms with Crippen molar-refractivity contribution in [3.8, 4) is 0 Å². The van der Waals surface area contributed by atoms with Crippen LogP contribution in [0.4, 0.5) is 10.5 Å². The Hall–Kier alpha value is -1.60. The zero-order valence-electron chi connectivity index (χ0n) is 10.6. The molecule has 0 saturated carbocycles. The van der Waals surface area contributed by atoms with Crippen molar-refractivity contribution in [3.63, 3.8) is 0 Å². The Bertz CT molecular complexity index is 526. The van der Waals surface area contributed by atoms with Gasteiger partial charge in [0.1, 0.15) is 0 Å². The standard InChI is InChI=1S/C11H17N3O3S/c1-4-9-6-5-7-10(8-9)12-11(15)13-18(16,17)14(2)3/h5-8H,4H2,1-3H3,(H2,12,13,15). The van der Waals surface area contributed by atoms with E-state index in [9.17, 15) is 13.2 Å². The van der Waals surface area contributed by atoms with E-state index in [1.54, 1.807) is 18.2 Å². The fourth-order valence-electron chi connectivity index (χ4n) is 1.23. The molecule has 0 aliphatic rings. The number of hydrogen-bond acceptors (Lipinski definition) is 3. The quantitative estimate of drug-likeness (QED) is 0.863. The molecular weight excluding hydrogens is 254 g/mol. The van der Waals surface area contributed by atoms with E-state index in [1.165, 1.54) is 14.1 Å². The van der Waals surface area contributed by atoms with E-state index in [1.807, 2.05) is 17.7 Å². The minimum Gasteiger partial charge on any atom is -0.307 e. The first-order valence-electron chi connectivity index (χ1n) is 5.45. The molecule has 1 aromatic rings. The van der Waals surface area contributed by atoms with Gasteiger partial charge in [-0.15, -0.1) is 0 Å². The van der Waals surface area contributed by atoms with Crippen LogP contribution in [-0.4, -0.2) is 32.8 Å². The van der Waals surface area contributed by atoms with E-state index < -0.39 is 16.2 Å². The summed E-state index contributed by atoms with van der Waals surface area (Å²) in [4.78, 5) is 11.5. The molecule has 0 saturated heterocycles. The van der Waals surface area contributed by atoms with Gasteiger partial charge in [-0.2, -0.15) is 12.7 Å². The lowest BCUT2D eigenvalue weighted by Crippen LogP contribution is -2.41. The van der Waals surface area contributed by atoms with Crippen molar-refractivity contribution in [2.75, 3.05) is 19.4 Å². The average molecular weight is 271 g/mol. The maximum absolute atomic E-state index is 11.5. The third-order valence-electron chi connectivity index (χ3n) is 2.30. The van der Waals surface area contributed by atoms with Gasteiger partial charge in [0.25, 0.3) is 0 Å². The minimum atomic E-state index is -3.76. The summed E-state index contributed by atoms with van der Waals surface area (Å²) in [6.45, 7) is 2.00. The third kappa shape index (κ3) is 4.01. The maximum Gasteiger partial charge on any atom is 0.333 e. The molecule has 1 aromatic carbocycles. The van der Waals surface area contributed by atoms with Crippen LogP contribution in [0, 0.1) is 0 Å². The van der Waals surface area contributed by atoms with Gasteiger partial charge in [0.15, 0.2) is 0 Å². The summed E-state index contributed by atoms with van der Waals surface area (Å²) in [6, 6.07) is 6.44. The summed E-state index contributed by atoms with van der Waals surface area (Å²) in [7, 11) is -1.08. The number of nitrogens with one attached hydrogen (secondary N) is 2. The Morgan fingerprint density at radius 2 is 2.00 bits per heavy atom. The lowest BCUT2D eigenvalue weighted by atomic mass is 10.1. The summed E-state index contributed by atoms with van der Waals surface area (Å²) < 4.78 is 25.6. The summed E-state index contributed by atoms with van der Waals surface area (Å²) in [6.07, 6.45) is 0.840. The van der Waals surface area contributed by atoms with Gasteiger partial charge in [0.2, 0.25) is 0 Å². The molecule has 100 valence electrons. The number of urea groups is 1. The number of benzene rings is 1. The van der Waals surface area contributed by atoms with Crippen molar-refractivity contribution in [2.45, 2.75) is 13.3 Å². The molecule has 0 spiro atoms.